The SMILES string of the molecule is CCCCCCn1ncc(I)c(I)c1=O. The second kappa shape index (κ2) is 6.82. The summed E-state index contributed by atoms with van der Waals surface area (Å²) in [6, 6.07) is 0. The molecule has 3 nitrogen and oxygen atoms in total. The molecule has 0 fully saturated rings. The number of unbranched alkanes of at least 4 members (excludes halogenated alkanes) is 3. The van der Waals surface area contributed by atoms with Crippen LogP contribution in [-0.4, -0.2) is 9.78 Å². The van der Waals surface area contributed by atoms with Gasteiger partial charge in [-0.05, 0) is 51.6 Å². The van der Waals surface area contributed by atoms with Crippen molar-refractivity contribution in [2.24, 2.45) is 0 Å². The van der Waals surface area contributed by atoms with Gasteiger partial charge in [-0.2, -0.15) is 5.10 Å². The first-order valence-electron chi connectivity index (χ1n) is 5.08. The number of aryl methyl sites for hydroxylation is 1. The van der Waals surface area contributed by atoms with E-state index in [0.29, 0.717) is 0 Å². The first-order valence-corrected chi connectivity index (χ1v) is 7.23. The lowest BCUT2D eigenvalue weighted by molar-refractivity contribution is 0.516. The Kier molecular flexibility index (Phi) is 6.10. The van der Waals surface area contributed by atoms with Gasteiger partial charge < -0.3 is 0 Å². The van der Waals surface area contributed by atoms with E-state index in [1.54, 1.807) is 10.9 Å². The van der Waals surface area contributed by atoms with E-state index in [0.717, 1.165) is 20.1 Å². The average molecular weight is 432 g/mol. The van der Waals surface area contributed by atoms with Crippen molar-refractivity contribution in [3.8, 4) is 0 Å². The van der Waals surface area contributed by atoms with E-state index in [4.69, 9.17) is 0 Å². The molecule has 1 aromatic heterocycles. The summed E-state index contributed by atoms with van der Waals surface area (Å²) in [4.78, 5) is 11.7. The van der Waals surface area contributed by atoms with Crippen molar-refractivity contribution in [3.63, 3.8) is 0 Å². The zero-order valence-electron chi connectivity index (χ0n) is 8.67. The molecule has 0 saturated heterocycles. The van der Waals surface area contributed by atoms with Gasteiger partial charge in [0.15, 0.2) is 0 Å². The molecule has 0 amide bonds. The van der Waals surface area contributed by atoms with E-state index in [9.17, 15) is 4.79 Å². The molecule has 1 aromatic rings. The second-order valence-electron chi connectivity index (χ2n) is 3.40. The Hall–Kier alpha value is 0.340. The van der Waals surface area contributed by atoms with Crippen LogP contribution in [-0.2, 0) is 6.54 Å². The summed E-state index contributed by atoms with van der Waals surface area (Å²) < 4.78 is 3.28. The van der Waals surface area contributed by atoms with E-state index in [-0.39, 0.29) is 5.56 Å². The van der Waals surface area contributed by atoms with Crippen LogP contribution in [0.5, 0.6) is 0 Å². The van der Waals surface area contributed by atoms with Gasteiger partial charge in [0, 0.05) is 6.54 Å². The van der Waals surface area contributed by atoms with Crippen molar-refractivity contribution in [2.45, 2.75) is 39.2 Å². The number of hydrogen-bond acceptors (Lipinski definition) is 2. The normalized spacial score (nSPS) is 10.6. The minimum absolute atomic E-state index is 0.0407. The molecule has 0 spiro atoms. The molecule has 15 heavy (non-hydrogen) atoms. The maximum absolute atomic E-state index is 11.7. The zero-order valence-corrected chi connectivity index (χ0v) is 13.0. The monoisotopic (exact) mass is 432 g/mol. The Balaban J connectivity index is 2.63. The lowest BCUT2D eigenvalue weighted by atomic mass is 10.2. The van der Waals surface area contributed by atoms with E-state index in [1.807, 2.05) is 0 Å². The molecular weight excluding hydrogens is 418 g/mol. The highest BCUT2D eigenvalue weighted by molar-refractivity contribution is 14.1. The van der Waals surface area contributed by atoms with Gasteiger partial charge in [-0.25, -0.2) is 4.68 Å². The van der Waals surface area contributed by atoms with Gasteiger partial charge >= 0.3 is 0 Å². The molecule has 0 atom stereocenters. The van der Waals surface area contributed by atoms with Crippen LogP contribution in [0.3, 0.4) is 0 Å². The minimum Gasteiger partial charge on any atom is -0.267 e. The third kappa shape index (κ3) is 4.01. The topological polar surface area (TPSA) is 34.9 Å². The Morgan fingerprint density at radius 1 is 1.33 bits per heavy atom. The summed E-state index contributed by atoms with van der Waals surface area (Å²) in [5.41, 5.74) is 0.0407. The second-order valence-corrected chi connectivity index (χ2v) is 5.64. The number of aromatic nitrogens is 2. The molecule has 0 aliphatic rings. The molecular formula is C10H14I2N2O. The fourth-order valence-corrected chi connectivity index (χ4v) is 2.07. The maximum Gasteiger partial charge on any atom is 0.281 e. The quantitative estimate of drug-likeness (QED) is 0.530. The van der Waals surface area contributed by atoms with Crippen LogP contribution < -0.4 is 5.56 Å². The van der Waals surface area contributed by atoms with Crippen molar-refractivity contribution in [1.82, 2.24) is 9.78 Å². The predicted molar refractivity (Wildman–Crippen MR) is 78.1 cm³/mol. The summed E-state index contributed by atoms with van der Waals surface area (Å²) in [5, 5.41) is 4.13. The van der Waals surface area contributed by atoms with Crippen molar-refractivity contribution in [2.75, 3.05) is 0 Å². The third-order valence-corrected chi connectivity index (χ3v) is 5.06. The molecule has 1 heterocycles. The number of halogens is 2. The molecule has 0 aliphatic heterocycles. The minimum atomic E-state index is 0.0407. The van der Waals surface area contributed by atoms with Crippen molar-refractivity contribution in [1.29, 1.82) is 0 Å². The smallest absolute Gasteiger partial charge is 0.267 e. The van der Waals surface area contributed by atoms with Crippen LogP contribution in [0, 0.1) is 7.14 Å². The highest BCUT2D eigenvalue weighted by atomic mass is 127. The third-order valence-electron chi connectivity index (χ3n) is 2.17. The highest BCUT2D eigenvalue weighted by Crippen LogP contribution is 2.08. The van der Waals surface area contributed by atoms with Gasteiger partial charge in [0.05, 0.1) is 13.3 Å². The van der Waals surface area contributed by atoms with Crippen LogP contribution in [0.4, 0.5) is 0 Å². The number of nitrogens with zero attached hydrogens (tertiary/aromatic N) is 2. The van der Waals surface area contributed by atoms with Crippen LogP contribution in [0.2, 0.25) is 0 Å². The predicted octanol–water partition coefficient (Wildman–Crippen LogP) is 3.03. The standard InChI is InChI=1S/C10H14I2N2O/c1-2-3-4-5-6-14-10(15)9(12)8(11)7-13-14/h7H,2-6H2,1H3. The fraction of sp³-hybridized carbons (Fsp3) is 0.600. The number of rotatable bonds is 5. The highest BCUT2D eigenvalue weighted by Gasteiger charge is 2.05. The molecule has 0 aromatic carbocycles. The van der Waals surface area contributed by atoms with Crippen molar-refractivity contribution in [3.05, 3.63) is 23.7 Å². The molecule has 0 saturated carbocycles. The van der Waals surface area contributed by atoms with E-state index >= 15 is 0 Å². The van der Waals surface area contributed by atoms with Gasteiger partial charge in [0.2, 0.25) is 0 Å². The largest absolute Gasteiger partial charge is 0.281 e. The van der Waals surface area contributed by atoms with Crippen LogP contribution in [0.1, 0.15) is 32.6 Å². The van der Waals surface area contributed by atoms with Gasteiger partial charge in [-0.3, -0.25) is 4.79 Å². The van der Waals surface area contributed by atoms with Crippen LogP contribution >= 0.6 is 45.2 Å². The lowest BCUT2D eigenvalue weighted by Gasteiger charge is -2.05. The molecule has 0 unspecified atom stereocenters. The summed E-state index contributed by atoms with van der Waals surface area (Å²) in [5.74, 6) is 0. The van der Waals surface area contributed by atoms with Gasteiger partial charge in [-0.1, -0.05) is 26.2 Å². The zero-order chi connectivity index (χ0) is 11.3. The molecule has 0 aliphatic carbocycles. The average Bonchev–Trinajstić information content (AvgIpc) is 2.24. The summed E-state index contributed by atoms with van der Waals surface area (Å²) >= 11 is 4.22. The molecule has 0 bridgehead atoms. The van der Waals surface area contributed by atoms with Gasteiger partial charge in [-0.15, -0.1) is 0 Å². The summed E-state index contributed by atoms with van der Waals surface area (Å²) in [7, 11) is 0. The Labute approximate surface area is 117 Å². The molecule has 0 N–H and O–H groups in total. The van der Waals surface area contributed by atoms with E-state index < -0.39 is 0 Å². The maximum atomic E-state index is 11.7. The number of hydrogen-bond donors (Lipinski definition) is 0. The van der Waals surface area contributed by atoms with Gasteiger partial charge in [0.1, 0.15) is 0 Å². The van der Waals surface area contributed by atoms with Crippen molar-refractivity contribution < 1.29 is 0 Å². The Morgan fingerprint density at radius 3 is 2.73 bits per heavy atom. The molecule has 5 heteroatoms. The van der Waals surface area contributed by atoms with Crippen LogP contribution in [0.15, 0.2) is 11.0 Å². The Bertz CT molecular complexity index is 376. The van der Waals surface area contributed by atoms with Crippen molar-refractivity contribution >= 4 is 45.2 Å². The lowest BCUT2D eigenvalue weighted by Crippen LogP contribution is -2.25. The van der Waals surface area contributed by atoms with Gasteiger partial charge in [0.25, 0.3) is 5.56 Å². The first-order chi connectivity index (χ1) is 7.16. The van der Waals surface area contributed by atoms with E-state index in [1.165, 1.54) is 19.3 Å². The van der Waals surface area contributed by atoms with Crippen LogP contribution in [0.25, 0.3) is 0 Å². The molecule has 84 valence electrons. The molecule has 0 radical (unpaired) electrons. The fourth-order valence-electron chi connectivity index (χ4n) is 1.29. The first kappa shape index (κ1) is 13.4. The Morgan fingerprint density at radius 2 is 2.07 bits per heavy atom. The summed E-state index contributed by atoms with van der Waals surface area (Å²) in [6.45, 7) is 2.92. The molecule has 1 rings (SSSR count). The summed E-state index contributed by atoms with van der Waals surface area (Å²) in [6.07, 6.45) is 6.41. The van der Waals surface area contributed by atoms with E-state index in [2.05, 4.69) is 57.2 Å².